The molecule has 0 aliphatic heterocycles. The highest BCUT2D eigenvalue weighted by molar-refractivity contribution is 6.30. The normalized spacial score (nSPS) is 21.6. The van der Waals surface area contributed by atoms with Crippen molar-refractivity contribution in [2.24, 2.45) is 5.84 Å². The Morgan fingerprint density at radius 1 is 1.24 bits per heavy atom. The lowest BCUT2D eigenvalue weighted by atomic mass is 9.93. The van der Waals surface area contributed by atoms with Crippen LogP contribution in [0.1, 0.15) is 45.4 Å². The molecule has 0 radical (unpaired) electrons. The van der Waals surface area contributed by atoms with Crippen LogP contribution in [0.5, 0.6) is 5.75 Å². The van der Waals surface area contributed by atoms with E-state index in [9.17, 15) is 0 Å². The molecule has 3 N–H and O–H groups in total. The Labute approximate surface area is 132 Å². The molecule has 21 heavy (non-hydrogen) atoms. The first-order valence-electron chi connectivity index (χ1n) is 7.78. The monoisotopic (exact) mass is 308 g/mol. The van der Waals surface area contributed by atoms with Crippen LogP contribution in [0.15, 0.2) is 35.9 Å². The molecule has 0 heterocycles. The van der Waals surface area contributed by atoms with Crippen molar-refractivity contribution in [2.75, 3.05) is 0 Å². The lowest BCUT2D eigenvalue weighted by molar-refractivity contribution is 0.183. The van der Waals surface area contributed by atoms with Crippen molar-refractivity contribution in [2.45, 2.75) is 57.6 Å². The van der Waals surface area contributed by atoms with Gasteiger partial charge in [-0.15, -0.1) is 0 Å². The smallest absolute Gasteiger partial charge is 0.121 e. The maximum absolute atomic E-state index is 6.01. The van der Waals surface area contributed by atoms with E-state index in [0.29, 0.717) is 5.02 Å². The van der Waals surface area contributed by atoms with Crippen LogP contribution < -0.4 is 16.0 Å². The number of hydrazine groups is 1. The minimum absolute atomic E-state index is 0.0425. The number of nitrogens with one attached hydrogen (secondary N) is 1. The van der Waals surface area contributed by atoms with Gasteiger partial charge in [-0.05, 0) is 50.8 Å². The highest BCUT2D eigenvalue weighted by atomic mass is 35.5. The number of nitrogens with two attached hydrogens (primary N) is 1. The first kappa shape index (κ1) is 16.3. The molecule has 116 valence electrons. The van der Waals surface area contributed by atoms with Crippen molar-refractivity contribution in [3.05, 3.63) is 40.9 Å². The number of allylic oxidation sites excluding steroid dienone is 1. The quantitative estimate of drug-likeness (QED) is 0.486. The topological polar surface area (TPSA) is 47.3 Å². The fraction of sp³-hybridized carbons (Fsp3) is 0.529. The molecule has 0 saturated heterocycles. The zero-order chi connectivity index (χ0) is 15.1. The van der Waals surface area contributed by atoms with E-state index in [4.69, 9.17) is 22.2 Å². The van der Waals surface area contributed by atoms with Crippen molar-refractivity contribution in [3.63, 3.8) is 0 Å². The molecule has 1 aliphatic rings. The van der Waals surface area contributed by atoms with Gasteiger partial charge in [-0.2, -0.15) is 0 Å². The largest absolute Gasteiger partial charge is 0.489 e. The van der Waals surface area contributed by atoms with Crippen molar-refractivity contribution in [3.8, 4) is 5.75 Å². The minimum atomic E-state index is -0.0425. The number of ether oxygens (including phenoxy) is 1. The van der Waals surface area contributed by atoms with Crippen LogP contribution in [0.4, 0.5) is 0 Å². The van der Waals surface area contributed by atoms with E-state index in [1.807, 2.05) is 31.2 Å². The molecule has 0 aromatic heterocycles. The van der Waals surface area contributed by atoms with Gasteiger partial charge in [0.25, 0.3) is 0 Å². The van der Waals surface area contributed by atoms with Crippen molar-refractivity contribution < 1.29 is 4.74 Å². The van der Waals surface area contributed by atoms with Gasteiger partial charge >= 0.3 is 0 Å². The molecule has 0 fully saturated rings. The average molecular weight is 309 g/mol. The lowest BCUT2D eigenvalue weighted by Gasteiger charge is -2.28. The Morgan fingerprint density at radius 3 is 2.81 bits per heavy atom. The Kier molecular flexibility index (Phi) is 6.55. The average Bonchev–Trinajstić information content (AvgIpc) is 2.41. The summed E-state index contributed by atoms with van der Waals surface area (Å²) >= 11 is 6.00. The SMILES string of the molecule is CC(Oc1cccc(Cl)c1)C(NN)/C1=C/CCCCCC1. The third kappa shape index (κ3) is 5.03. The first-order chi connectivity index (χ1) is 10.2. The summed E-state index contributed by atoms with van der Waals surface area (Å²) in [5, 5.41) is 0.683. The third-order valence-electron chi connectivity index (χ3n) is 3.99. The van der Waals surface area contributed by atoms with E-state index in [-0.39, 0.29) is 12.1 Å². The molecule has 0 spiro atoms. The lowest BCUT2D eigenvalue weighted by Crippen LogP contribution is -2.46. The van der Waals surface area contributed by atoms with Gasteiger partial charge in [-0.25, -0.2) is 5.43 Å². The summed E-state index contributed by atoms with van der Waals surface area (Å²) < 4.78 is 6.01. The number of halogens is 1. The van der Waals surface area contributed by atoms with E-state index in [2.05, 4.69) is 11.5 Å². The second kappa shape index (κ2) is 8.42. The number of rotatable bonds is 5. The van der Waals surface area contributed by atoms with Crippen molar-refractivity contribution in [1.82, 2.24) is 5.43 Å². The number of hydrogen-bond donors (Lipinski definition) is 2. The van der Waals surface area contributed by atoms with Crippen LogP contribution in [0.25, 0.3) is 0 Å². The second-order valence-corrected chi connectivity index (χ2v) is 6.09. The van der Waals surface area contributed by atoms with Crippen LogP contribution >= 0.6 is 11.6 Å². The molecule has 2 atom stereocenters. The summed E-state index contributed by atoms with van der Waals surface area (Å²) in [7, 11) is 0. The van der Waals surface area contributed by atoms with Crippen LogP contribution in [-0.2, 0) is 0 Å². The highest BCUT2D eigenvalue weighted by Crippen LogP contribution is 2.24. The van der Waals surface area contributed by atoms with Gasteiger partial charge in [0.2, 0.25) is 0 Å². The summed E-state index contributed by atoms with van der Waals surface area (Å²) in [6.45, 7) is 2.05. The summed E-state index contributed by atoms with van der Waals surface area (Å²) in [5.74, 6) is 6.56. The summed E-state index contributed by atoms with van der Waals surface area (Å²) in [6.07, 6.45) is 9.66. The van der Waals surface area contributed by atoms with Crippen LogP contribution in [0.2, 0.25) is 5.02 Å². The maximum atomic E-state index is 6.01. The molecular weight excluding hydrogens is 284 g/mol. The third-order valence-corrected chi connectivity index (χ3v) is 4.23. The van der Waals surface area contributed by atoms with Crippen LogP contribution in [0, 0.1) is 0 Å². The van der Waals surface area contributed by atoms with E-state index < -0.39 is 0 Å². The molecule has 2 rings (SSSR count). The van der Waals surface area contributed by atoms with E-state index in [0.717, 1.165) is 18.6 Å². The van der Waals surface area contributed by atoms with Gasteiger partial charge in [-0.1, -0.05) is 42.2 Å². The zero-order valence-electron chi connectivity index (χ0n) is 12.6. The first-order valence-corrected chi connectivity index (χ1v) is 8.16. The predicted molar refractivity (Wildman–Crippen MR) is 88.4 cm³/mol. The maximum Gasteiger partial charge on any atom is 0.121 e. The Hall–Kier alpha value is -1.03. The molecule has 0 saturated carbocycles. The molecule has 4 heteroatoms. The second-order valence-electron chi connectivity index (χ2n) is 5.66. The van der Waals surface area contributed by atoms with Crippen LogP contribution in [-0.4, -0.2) is 12.1 Å². The Balaban J connectivity index is 2.04. The number of hydrogen-bond acceptors (Lipinski definition) is 3. The Morgan fingerprint density at radius 2 is 2.05 bits per heavy atom. The van der Waals surface area contributed by atoms with Crippen molar-refractivity contribution >= 4 is 11.6 Å². The molecule has 1 aromatic carbocycles. The molecule has 0 bridgehead atoms. The molecular formula is C17H25ClN2O. The zero-order valence-corrected chi connectivity index (χ0v) is 13.4. The summed E-state index contributed by atoms with van der Waals surface area (Å²) in [4.78, 5) is 0. The van der Waals surface area contributed by atoms with Gasteiger partial charge in [0.05, 0.1) is 6.04 Å². The highest BCUT2D eigenvalue weighted by Gasteiger charge is 2.22. The molecule has 1 aliphatic carbocycles. The fourth-order valence-corrected chi connectivity index (χ4v) is 3.05. The van der Waals surface area contributed by atoms with Gasteiger partial charge in [0.1, 0.15) is 11.9 Å². The van der Waals surface area contributed by atoms with Gasteiger partial charge in [0, 0.05) is 5.02 Å². The standard InChI is InChI=1S/C17H25ClN2O/c1-13(21-16-11-7-10-15(18)12-16)17(20-19)14-8-5-3-2-4-6-9-14/h7-8,10-13,17,20H,2-6,9,19H2,1H3/b14-8+. The van der Waals surface area contributed by atoms with Gasteiger partial charge in [-0.3, -0.25) is 5.84 Å². The molecule has 1 aromatic rings. The molecule has 0 amide bonds. The fourth-order valence-electron chi connectivity index (χ4n) is 2.87. The Bertz CT molecular complexity index is 476. The predicted octanol–water partition coefficient (Wildman–Crippen LogP) is 4.22. The van der Waals surface area contributed by atoms with E-state index >= 15 is 0 Å². The van der Waals surface area contributed by atoms with Gasteiger partial charge in [0.15, 0.2) is 0 Å². The summed E-state index contributed by atoms with van der Waals surface area (Å²) in [6, 6.07) is 7.53. The van der Waals surface area contributed by atoms with Crippen molar-refractivity contribution in [1.29, 1.82) is 0 Å². The molecule has 2 unspecified atom stereocenters. The van der Waals surface area contributed by atoms with E-state index in [1.54, 1.807) is 0 Å². The molecule has 3 nitrogen and oxygen atoms in total. The number of benzene rings is 1. The van der Waals surface area contributed by atoms with E-state index in [1.165, 1.54) is 31.3 Å². The minimum Gasteiger partial charge on any atom is -0.489 e. The van der Waals surface area contributed by atoms with Crippen LogP contribution in [0.3, 0.4) is 0 Å². The summed E-state index contributed by atoms with van der Waals surface area (Å²) in [5.41, 5.74) is 4.30. The van der Waals surface area contributed by atoms with Gasteiger partial charge < -0.3 is 4.74 Å².